The van der Waals surface area contributed by atoms with Crippen molar-refractivity contribution in [3.05, 3.63) is 21.6 Å². The fraction of sp³-hybridized carbons (Fsp3) is 0.636. The highest BCUT2D eigenvalue weighted by molar-refractivity contribution is 7.98. The Morgan fingerprint density at radius 3 is 2.76 bits per heavy atom. The molecule has 2 aliphatic rings. The number of aromatic nitrogens is 2. The van der Waals surface area contributed by atoms with Crippen molar-refractivity contribution in [2.75, 3.05) is 38.1 Å². The van der Waals surface area contributed by atoms with Gasteiger partial charge in [-0.3, -0.25) is 9.78 Å². The number of anilines is 1. The minimum absolute atomic E-state index is 0.0499. The summed E-state index contributed by atoms with van der Waals surface area (Å²) >= 11 is 1.76. The molecule has 0 aliphatic carbocycles. The van der Waals surface area contributed by atoms with Gasteiger partial charge < -0.3 is 9.80 Å². The van der Waals surface area contributed by atoms with Gasteiger partial charge >= 0.3 is 0 Å². The molecule has 3 rings (SSSR count). The Balaban J connectivity index is 1.89. The van der Waals surface area contributed by atoms with Crippen LogP contribution in [-0.4, -0.2) is 48.1 Å². The number of rotatable bonds is 1. The smallest absolute Gasteiger partial charge is 0.256 e. The molecule has 0 aromatic carbocycles. The maximum Gasteiger partial charge on any atom is 0.256 e. The van der Waals surface area contributed by atoms with E-state index in [0.717, 1.165) is 54.9 Å². The second-order valence-corrected chi connectivity index (χ2v) is 5.58. The highest BCUT2D eigenvalue weighted by atomic mass is 32.2. The van der Waals surface area contributed by atoms with Crippen molar-refractivity contribution in [3.63, 3.8) is 0 Å². The van der Waals surface area contributed by atoms with Gasteiger partial charge in [0.25, 0.3) is 5.56 Å². The Kier molecular flexibility index (Phi) is 2.84. The van der Waals surface area contributed by atoms with Gasteiger partial charge in [-0.2, -0.15) is 11.8 Å². The molecular weight excluding hydrogens is 236 g/mol. The summed E-state index contributed by atoms with van der Waals surface area (Å²) in [6.07, 6.45) is 0. The fourth-order valence-electron chi connectivity index (χ4n) is 2.22. The van der Waals surface area contributed by atoms with Crippen LogP contribution in [0.15, 0.2) is 4.79 Å². The van der Waals surface area contributed by atoms with E-state index in [1.54, 1.807) is 11.8 Å². The number of aromatic amines is 1. The van der Waals surface area contributed by atoms with E-state index in [9.17, 15) is 4.79 Å². The zero-order chi connectivity index (χ0) is 11.8. The number of nitrogens with one attached hydrogen (secondary N) is 1. The number of nitrogens with zero attached hydrogens (tertiary/aromatic N) is 3. The number of H-pyrrole nitrogens is 1. The second-order valence-electron chi connectivity index (χ2n) is 4.60. The van der Waals surface area contributed by atoms with Crippen LogP contribution in [-0.2, 0) is 11.5 Å². The molecule has 0 amide bonds. The van der Waals surface area contributed by atoms with E-state index in [-0.39, 0.29) is 5.56 Å². The average Bonchev–Trinajstić information content (AvgIpc) is 2.78. The Hall–Kier alpha value is -1.01. The predicted molar refractivity (Wildman–Crippen MR) is 69.6 cm³/mol. The van der Waals surface area contributed by atoms with Crippen LogP contribution in [0.2, 0.25) is 0 Å². The third-order valence-corrected chi connectivity index (χ3v) is 4.35. The van der Waals surface area contributed by atoms with Crippen LogP contribution in [0, 0.1) is 0 Å². The van der Waals surface area contributed by atoms with E-state index >= 15 is 0 Å². The molecule has 0 saturated carbocycles. The number of thioether (sulfide) groups is 1. The van der Waals surface area contributed by atoms with Gasteiger partial charge in [-0.05, 0) is 7.05 Å². The molecule has 0 spiro atoms. The van der Waals surface area contributed by atoms with Gasteiger partial charge in [-0.25, -0.2) is 4.98 Å². The number of hydrogen-bond donors (Lipinski definition) is 1. The van der Waals surface area contributed by atoms with Gasteiger partial charge in [0.15, 0.2) is 0 Å². The molecule has 92 valence electrons. The van der Waals surface area contributed by atoms with Gasteiger partial charge in [0, 0.05) is 43.2 Å². The summed E-state index contributed by atoms with van der Waals surface area (Å²) in [6, 6.07) is 0. The number of hydrogen-bond acceptors (Lipinski definition) is 5. The lowest BCUT2D eigenvalue weighted by Gasteiger charge is -2.32. The molecule has 0 bridgehead atoms. The van der Waals surface area contributed by atoms with E-state index in [0.29, 0.717) is 0 Å². The molecular formula is C11H16N4OS. The van der Waals surface area contributed by atoms with Crippen molar-refractivity contribution in [1.82, 2.24) is 14.9 Å². The molecule has 17 heavy (non-hydrogen) atoms. The normalized spacial score (nSPS) is 20.6. The summed E-state index contributed by atoms with van der Waals surface area (Å²) in [5.74, 6) is 2.44. The lowest BCUT2D eigenvalue weighted by molar-refractivity contribution is 0.311. The molecule has 1 aromatic rings. The number of likely N-dealkylation sites (N-methyl/N-ethyl adjacent to an activating group) is 1. The monoisotopic (exact) mass is 252 g/mol. The summed E-state index contributed by atoms with van der Waals surface area (Å²) in [5.41, 5.74) is 1.90. The number of fused-ring (bicyclic) bond motifs is 1. The zero-order valence-corrected chi connectivity index (χ0v) is 10.7. The second kappa shape index (κ2) is 4.34. The van der Waals surface area contributed by atoms with Crippen molar-refractivity contribution in [2.24, 2.45) is 0 Å². The molecule has 1 saturated heterocycles. The van der Waals surface area contributed by atoms with Crippen LogP contribution in [0.1, 0.15) is 11.3 Å². The minimum Gasteiger partial charge on any atom is -0.340 e. The molecule has 6 heteroatoms. The van der Waals surface area contributed by atoms with Crippen molar-refractivity contribution >= 4 is 17.7 Å². The first-order valence-electron chi connectivity index (χ1n) is 5.87. The van der Waals surface area contributed by atoms with Gasteiger partial charge in [0.05, 0.1) is 5.69 Å². The number of piperazine rings is 1. The Morgan fingerprint density at radius 1 is 1.24 bits per heavy atom. The van der Waals surface area contributed by atoms with Crippen molar-refractivity contribution in [2.45, 2.75) is 11.5 Å². The van der Waals surface area contributed by atoms with E-state index in [2.05, 4.69) is 26.8 Å². The zero-order valence-electron chi connectivity index (χ0n) is 9.90. The van der Waals surface area contributed by atoms with E-state index < -0.39 is 0 Å². The highest BCUT2D eigenvalue weighted by Gasteiger charge is 2.21. The van der Waals surface area contributed by atoms with Crippen LogP contribution in [0.3, 0.4) is 0 Å². The maximum atomic E-state index is 11.9. The third-order valence-electron chi connectivity index (χ3n) is 3.38. The Labute approximate surface area is 104 Å². The molecule has 2 aliphatic heterocycles. The largest absolute Gasteiger partial charge is 0.340 e. The fourth-order valence-corrected chi connectivity index (χ4v) is 3.25. The van der Waals surface area contributed by atoms with Crippen LogP contribution < -0.4 is 10.5 Å². The van der Waals surface area contributed by atoms with Gasteiger partial charge in [0.1, 0.15) is 0 Å². The van der Waals surface area contributed by atoms with E-state index in [4.69, 9.17) is 0 Å². The first-order chi connectivity index (χ1) is 8.24. The summed E-state index contributed by atoms with van der Waals surface area (Å²) in [4.78, 5) is 23.9. The first kappa shape index (κ1) is 11.1. The topological polar surface area (TPSA) is 52.2 Å². The average molecular weight is 252 g/mol. The molecule has 1 aromatic heterocycles. The minimum atomic E-state index is 0.0499. The van der Waals surface area contributed by atoms with Crippen LogP contribution in [0.25, 0.3) is 0 Å². The quantitative estimate of drug-likeness (QED) is 0.777. The predicted octanol–water partition coefficient (Wildman–Crippen LogP) is 0.268. The summed E-state index contributed by atoms with van der Waals surface area (Å²) in [5, 5.41) is 0. The van der Waals surface area contributed by atoms with Crippen molar-refractivity contribution in [1.29, 1.82) is 0 Å². The molecule has 5 nitrogen and oxygen atoms in total. The standard InChI is InChI=1S/C11H16N4OS/c1-14-2-4-15(5-3-14)11-12-9-7-17-6-8(9)10(16)13-11/h2-7H2,1H3,(H,12,13,16). The third kappa shape index (κ3) is 2.07. The Morgan fingerprint density at radius 2 is 2.00 bits per heavy atom. The van der Waals surface area contributed by atoms with Crippen LogP contribution in [0.5, 0.6) is 0 Å². The molecule has 0 unspecified atom stereocenters. The van der Waals surface area contributed by atoms with Crippen LogP contribution >= 0.6 is 11.8 Å². The van der Waals surface area contributed by atoms with E-state index in [1.165, 1.54) is 0 Å². The lowest BCUT2D eigenvalue weighted by Crippen LogP contribution is -2.45. The van der Waals surface area contributed by atoms with Gasteiger partial charge in [-0.15, -0.1) is 0 Å². The molecule has 0 radical (unpaired) electrons. The lowest BCUT2D eigenvalue weighted by atomic mass is 10.3. The highest BCUT2D eigenvalue weighted by Crippen LogP contribution is 2.26. The first-order valence-corrected chi connectivity index (χ1v) is 7.03. The van der Waals surface area contributed by atoms with Crippen molar-refractivity contribution in [3.8, 4) is 0 Å². The van der Waals surface area contributed by atoms with Crippen molar-refractivity contribution < 1.29 is 0 Å². The Bertz CT molecular complexity index is 479. The van der Waals surface area contributed by atoms with E-state index in [1.807, 2.05) is 0 Å². The molecule has 1 N–H and O–H groups in total. The molecule has 1 fully saturated rings. The molecule has 0 atom stereocenters. The summed E-state index contributed by atoms with van der Waals surface area (Å²) in [6.45, 7) is 3.92. The van der Waals surface area contributed by atoms with Gasteiger partial charge in [-0.1, -0.05) is 0 Å². The summed E-state index contributed by atoms with van der Waals surface area (Å²) in [7, 11) is 2.12. The van der Waals surface area contributed by atoms with Gasteiger partial charge in [0.2, 0.25) is 5.95 Å². The van der Waals surface area contributed by atoms with Crippen LogP contribution in [0.4, 0.5) is 5.95 Å². The SMILES string of the molecule is CN1CCN(c2nc3c(c(=O)[nH]2)CSC3)CC1. The molecule has 3 heterocycles. The maximum absolute atomic E-state index is 11.9. The summed E-state index contributed by atoms with van der Waals surface area (Å²) < 4.78 is 0.